The fourth-order valence-electron chi connectivity index (χ4n) is 2.70. The molecule has 0 unspecified atom stereocenters. The first-order valence-electron chi connectivity index (χ1n) is 6.93. The summed E-state index contributed by atoms with van der Waals surface area (Å²) in [6.45, 7) is 3.08. The van der Waals surface area contributed by atoms with Crippen molar-refractivity contribution < 1.29 is 4.74 Å². The molecule has 0 saturated heterocycles. The maximum absolute atomic E-state index is 5.39. The van der Waals surface area contributed by atoms with Gasteiger partial charge in [-0.05, 0) is 44.4 Å². The minimum absolute atomic E-state index is 0.517. The van der Waals surface area contributed by atoms with E-state index in [1.165, 1.54) is 32.1 Å². The first-order valence-corrected chi connectivity index (χ1v) is 6.93. The van der Waals surface area contributed by atoms with Gasteiger partial charge >= 0.3 is 0 Å². The van der Waals surface area contributed by atoms with E-state index in [0.717, 1.165) is 37.9 Å². The van der Waals surface area contributed by atoms with Crippen molar-refractivity contribution in [3.05, 3.63) is 0 Å². The van der Waals surface area contributed by atoms with Crippen molar-refractivity contribution in [2.75, 3.05) is 26.7 Å². The van der Waals surface area contributed by atoms with Crippen molar-refractivity contribution in [3.8, 4) is 0 Å². The molecule has 1 fully saturated rings. The second kappa shape index (κ2) is 6.84. The number of ether oxygens (including phenoxy) is 1. The van der Waals surface area contributed by atoms with Gasteiger partial charge in [-0.15, -0.1) is 0 Å². The minimum Gasteiger partial charge on any atom is -0.381 e. The van der Waals surface area contributed by atoms with Crippen molar-refractivity contribution >= 4 is 5.96 Å². The van der Waals surface area contributed by atoms with Crippen molar-refractivity contribution in [2.24, 2.45) is 10.9 Å². The van der Waals surface area contributed by atoms with Gasteiger partial charge in [-0.3, -0.25) is 4.99 Å². The molecule has 1 saturated carbocycles. The van der Waals surface area contributed by atoms with E-state index in [-0.39, 0.29) is 0 Å². The molecule has 1 aliphatic heterocycles. The second-order valence-electron chi connectivity index (χ2n) is 5.10. The number of nitrogens with one attached hydrogen (secondary N) is 2. The van der Waals surface area contributed by atoms with Crippen LogP contribution in [0.1, 0.15) is 38.5 Å². The number of nitrogens with zero attached hydrogens (tertiary/aromatic N) is 1. The fourth-order valence-corrected chi connectivity index (χ4v) is 2.70. The highest BCUT2D eigenvalue weighted by molar-refractivity contribution is 5.80. The molecule has 0 aromatic carbocycles. The monoisotopic (exact) mass is 239 g/mol. The Morgan fingerprint density at radius 2 is 2.18 bits per heavy atom. The summed E-state index contributed by atoms with van der Waals surface area (Å²) in [5.74, 6) is 1.87. The number of methoxy groups -OCH3 is 1. The van der Waals surface area contributed by atoms with Crippen LogP contribution in [0.25, 0.3) is 0 Å². The summed E-state index contributed by atoms with van der Waals surface area (Å²) >= 11 is 0. The Bertz CT molecular complexity index is 247. The number of rotatable bonds is 4. The van der Waals surface area contributed by atoms with E-state index in [4.69, 9.17) is 4.74 Å². The van der Waals surface area contributed by atoms with E-state index in [9.17, 15) is 0 Å². The largest absolute Gasteiger partial charge is 0.381 e. The van der Waals surface area contributed by atoms with Crippen LogP contribution >= 0.6 is 0 Å². The summed E-state index contributed by atoms with van der Waals surface area (Å²) < 4.78 is 5.39. The van der Waals surface area contributed by atoms with E-state index in [1.54, 1.807) is 0 Å². The summed E-state index contributed by atoms with van der Waals surface area (Å²) in [6.07, 6.45) is 8.05. The van der Waals surface area contributed by atoms with Gasteiger partial charge in [0.2, 0.25) is 0 Å². The third-order valence-electron chi connectivity index (χ3n) is 3.87. The van der Waals surface area contributed by atoms with Crippen molar-refractivity contribution in [2.45, 2.75) is 44.6 Å². The molecule has 98 valence electrons. The Morgan fingerprint density at radius 3 is 2.82 bits per heavy atom. The highest BCUT2D eigenvalue weighted by Gasteiger charge is 2.20. The smallest absolute Gasteiger partial charge is 0.191 e. The predicted molar refractivity (Wildman–Crippen MR) is 70.3 cm³/mol. The Balaban J connectivity index is 1.58. The van der Waals surface area contributed by atoms with Gasteiger partial charge in [0, 0.05) is 26.7 Å². The molecule has 0 bridgehead atoms. The SMILES string of the molecule is COC1CCC(CCNC2=NCCCN2)CC1. The lowest BCUT2D eigenvalue weighted by molar-refractivity contribution is 0.0557. The standard InChI is InChI=1S/C13H25N3O/c1-17-12-5-3-11(4-6-12)7-10-16-13-14-8-2-9-15-13/h11-12H,2-10H2,1H3,(H2,14,15,16). The van der Waals surface area contributed by atoms with Gasteiger partial charge in [-0.1, -0.05) is 0 Å². The van der Waals surface area contributed by atoms with Crippen molar-refractivity contribution in [1.29, 1.82) is 0 Å². The zero-order chi connectivity index (χ0) is 11.9. The molecular formula is C13H25N3O. The Kier molecular flexibility index (Phi) is 5.10. The van der Waals surface area contributed by atoms with Gasteiger partial charge in [0.1, 0.15) is 0 Å². The van der Waals surface area contributed by atoms with Crippen LogP contribution in [0.2, 0.25) is 0 Å². The summed E-state index contributed by atoms with van der Waals surface area (Å²) in [4.78, 5) is 4.41. The first kappa shape index (κ1) is 12.7. The molecule has 4 heteroatoms. The first-order chi connectivity index (χ1) is 8.38. The van der Waals surface area contributed by atoms with E-state index in [0.29, 0.717) is 6.10 Å². The van der Waals surface area contributed by atoms with Crippen LogP contribution in [-0.4, -0.2) is 38.8 Å². The molecule has 2 rings (SSSR count). The van der Waals surface area contributed by atoms with Gasteiger partial charge in [0.15, 0.2) is 5.96 Å². The quantitative estimate of drug-likeness (QED) is 0.782. The molecule has 2 aliphatic rings. The van der Waals surface area contributed by atoms with Crippen LogP contribution in [0.3, 0.4) is 0 Å². The molecule has 2 N–H and O–H groups in total. The van der Waals surface area contributed by atoms with Crippen LogP contribution in [0.5, 0.6) is 0 Å². The summed E-state index contributed by atoms with van der Waals surface area (Å²) in [5, 5.41) is 6.69. The summed E-state index contributed by atoms with van der Waals surface area (Å²) in [7, 11) is 1.83. The van der Waals surface area contributed by atoms with E-state index < -0.39 is 0 Å². The third-order valence-corrected chi connectivity index (χ3v) is 3.87. The average molecular weight is 239 g/mol. The lowest BCUT2D eigenvalue weighted by Crippen LogP contribution is -2.41. The predicted octanol–water partition coefficient (Wildman–Crippen LogP) is 1.52. The maximum Gasteiger partial charge on any atom is 0.191 e. The molecular weight excluding hydrogens is 214 g/mol. The van der Waals surface area contributed by atoms with Gasteiger partial charge in [0.05, 0.1) is 6.10 Å². The molecule has 4 nitrogen and oxygen atoms in total. The molecule has 1 heterocycles. The maximum atomic E-state index is 5.39. The fraction of sp³-hybridized carbons (Fsp3) is 0.923. The average Bonchev–Trinajstić information content (AvgIpc) is 2.41. The van der Waals surface area contributed by atoms with E-state index >= 15 is 0 Å². The van der Waals surface area contributed by atoms with Gasteiger partial charge in [-0.25, -0.2) is 0 Å². The number of hydrogen-bond acceptors (Lipinski definition) is 4. The molecule has 0 amide bonds. The van der Waals surface area contributed by atoms with E-state index in [2.05, 4.69) is 15.6 Å². The second-order valence-corrected chi connectivity index (χ2v) is 5.10. The van der Waals surface area contributed by atoms with Crippen molar-refractivity contribution in [3.63, 3.8) is 0 Å². The van der Waals surface area contributed by atoms with Crippen LogP contribution < -0.4 is 10.6 Å². The topological polar surface area (TPSA) is 45.6 Å². The van der Waals surface area contributed by atoms with Gasteiger partial charge in [-0.2, -0.15) is 0 Å². The Labute approximate surface area is 104 Å². The lowest BCUT2D eigenvalue weighted by Gasteiger charge is -2.27. The van der Waals surface area contributed by atoms with Gasteiger partial charge < -0.3 is 15.4 Å². The van der Waals surface area contributed by atoms with Crippen LogP contribution in [0.4, 0.5) is 0 Å². The Morgan fingerprint density at radius 1 is 1.35 bits per heavy atom. The highest BCUT2D eigenvalue weighted by atomic mass is 16.5. The molecule has 0 atom stereocenters. The van der Waals surface area contributed by atoms with Crippen LogP contribution in [-0.2, 0) is 4.74 Å². The highest BCUT2D eigenvalue weighted by Crippen LogP contribution is 2.27. The van der Waals surface area contributed by atoms with Gasteiger partial charge in [0.25, 0.3) is 0 Å². The zero-order valence-corrected chi connectivity index (χ0v) is 10.9. The molecule has 1 aliphatic carbocycles. The number of hydrogen-bond donors (Lipinski definition) is 2. The van der Waals surface area contributed by atoms with E-state index in [1.807, 2.05) is 7.11 Å². The lowest BCUT2D eigenvalue weighted by atomic mass is 9.85. The molecule has 17 heavy (non-hydrogen) atoms. The Hall–Kier alpha value is -0.770. The molecule has 0 aromatic heterocycles. The third kappa shape index (κ3) is 4.19. The normalized spacial score (nSPS) is 29.4. The van der Waals surface area contributed by atoms with Crippen LogP contribution in [0.15, 0.2) is 4.99 Å². The summed E-state index contributed by atoms with van der Waals surface area (Å²) in [5.41, 5.74) is 0. The van der Waals surface area contributed by atoms with Crippen molar-refractivity contribution in [1.82, 2.24) is 10.6 Å². The molecule has 0 radical (unpaired) electrons. The molecule has 0 spiro atoms. The number of aliphatic imine (C=N–C) groups is 1. The van der Waals surface area contributed by atoms with Crippen LogP contribution in [0, 0.1) is 5.92 Å². The molecule has 0 aromatic rings. The summed E-state index contributed by atoms with van der Waals surface area (Å²) in [6, 6.07) is 0. The number of guanidine groups is 1. The minimum atomic E-state index is 0.517. The zero-order valence-electron chi connectivity index (χ0n) is 10.9.